The molecule has 32 heavy (non-hydrogen) atoms. The van der Waals surface area contributed by atoms with Gasteiger partial charge in [-0.05, 0) is 74.0 Å². The Balaban J connectivity index is 1.40. The first-order chi connectivity index (χ1) is 15.4. The lowest BCUT2D eigenvalue weighted by molar-refractivity contribution is -0.123. The smallest absolute Gasteiger partial charge is 0.258 e. The Bertz CT molecular complexity index is 1190. The number of aryl methyl sites for hydroxylation is 2. The molecule has 1 amide bonds. The van der Waals surface area contributed by atoms with Crippen LogP contribution in [0.15, 0.2) is 41.2 Å². The first-order valence-electron chi connectivity index (χ1n) is 11.2. The quantitative estimate of drug-likeness (QED) is 0.564. The van der Waals surface area contributed by atoms with Crippen molar-refractivity contribution in [2.24, 2.45) is 0 Å². The van der Waals surface area contributed by atoms with E-state index >= 15 is 0 Å². The largest absolute Gasteiger partial charge is 0.348 e. The van der Waals surface area contributed by atoms with Crippen molar-refractivity contribution in [3.8, 4) is 0 Å². The molecule has 1 aliphatic carbocycles. The maximum Gasteiger partial charge on any atom is 0.258 e. The monoisotopic (exact) mass is 452 g/mol. The van der Waals surface area contributed by atoms with Gasteiger partial charge in [-0.1, -0.05) is 36.7 Å². The molecule has 0 radical (unpaired) electrons. The first kappa shape index (κ1) is 22.5. The lowest BCUT2D eigenvalue weighted by atomic mass is 9.89. The lowest BCUT2D eigenvalue weighted by Gasteiger charge is -2.23. The fraction of sp³-hybridized carbons (Fsp3) is 0.400. The Morgan fingerprint density at radius 3 is 2.75 bits per heavy atom. The minimum atomic E-state index is -0.205. The van der Waals surface area contributed by atoms with Crippen LogP contribution in [0.25, 0.3) is 10.9 Å². The van der Waals surface area contributed by atoms with E-state index in [9.17, 15) is 9.59 Å². The number of carbonyl (C=O) groups excluding carboxylic acids is 1. The second kappa shape index (κ2) is 9.84. The minimum Gasteiger partial charge on any atom is -0.348 e. The number of likely N-dealkylation sites (N-methyl/N-ethyl adjacent to an activating group) is 1. The molecule has 0 spiro atoms. The van der Waals surface area contributed by atoms with Gasteiger partial charge in [-0.3, -0.25) is 14.5 Å². The molecule has 6 nitrogen and oxygen atoms in total. The fourth-order valence-corrected chi connectivity index (χ4v) is 4.49. The number of nitrogens with zero attached hydrogens (tertiary/aromatic N) is 2. The van der Waals surface area contributed by atoms with Gasteiger partial charge in [0.05, 0.1) is 30.0 Å². The molecule has 0 saturated heterocycles. The number of halogens is 1. The molecule has 3 aromatic rings. The molecule has 2 aromatic carbocycles. The summed E-state index contributed by atoms with van der Waals surface area (Å²) in [6.07, 6.45) is 4.77. The number of rotatable bonds is 7. The Morgan fingerprint density at radius 1 is 1.19 bits per heavy atom. The van der Waals surface area contributed by atoms with Crippen molar-refractivity contribution in [2.75, 3.05) is 13.1 Å². The summed E-state index contributed by atoms with van der Waals surface area (Å²) >= 11 is 6.05. The van der Waals surface area contributed by atoms with Gasteiger partial charge in [0, 0.05) is 5.02 Å². The molecule has 168 valence electrons. The Morgan fingerprint density at radius 2 is 1.97 bits per heavy atom. The number of H-pyrrole nitrogens is 1. The van der Waals surface area contributed by atoms with Crippen LogP contribution in [0.2, 0.25) is 5.02 Å². The summed E-state index contributed by atoms with van der Waals surface area (Å²) in [5.74, 6) is 0.463. The summed E-state index contributed by atoms with van der Waals surface area (Å²) in [5.41, 5.74) is 4.34. The van der Waals surface area contributed by atoms with Gasteiger partial charge >= 0.3 is 0 Å². The maximum atomic E-state index is 12.7. The van der Waals surface area contributed by atoms with Crippen LogP contribution >= 0.6 is 11.6 Å². The molecule has 0 aliphatic heterocycles. The van der Waals surface area contributed by atoms with Crippen LogP contribution in [0.3, 0.4) is 0 Å². The van der Waals surface area contributed by atoms with E-state index in [0.29, 0.717) is 34.8 Å². The van der Waals surface area contributed by atoms with Crippen molar-refractivity contribution in [3.05, 3.63) is 74.3 Å². The van der Waals surface area contributed by atoms with E-state index in [4.69, 9.17) is 11.6 Å². The SMILES string of the molecule is CCN(CC(=O)NC(C)c1ccc2c(c1)CCCC2)Cc1nc2cc(Cl)ccc2c(=O)[nH]1. The summed E-state index contributed by atoms with van der Waals surface area (Å²) in [5, 5.41) is 4.14. The van der Waals surface area contributed by atoms with Crippen LogP contribution in [0, 0.1) is 0 Å². The molecule has 1 heterocycles. The summed E-state index contributed by atoms with van der Waals surface area (Å²) in [7, 11) is 0. The second-order valence-electron chi connectivity index (χ2n) is 8.50. The van der Waals surface area contributed by atoms with Crippen LogP contribution < -0.4 is 10.9 Å². The van der Waals surface area contributed by atoms with Gasteiger partial charge < -0.3 is 10.3 Å². The Hall–Kier alpha value is -2.70. The lowest BCUT2D eigenvalue weighted by Crippen LogP contribution is -2.38. The average Bonchev–Trinajstić information content (AvgIpc) is 2.77. The molecule has 0 saturated carbocycles. The molecule has 1 aromatic heterocycles. The maximum absolute atomic E-state index is 12.7. The second-order valence-corrected chi connectivity index (χ2v) is 8.94. The van der Waals surface area contributed by atoms with Crippen LogP contribution in [0.4, 0.5) is 0 Å². The molecule has 1 atom stereocenters. The Labute approximate surface area is 193 Å². The van der Waals surface area contributed by atoms with Gasteiger partial charge in [0.1, 0.15) is 5.82 Å². The third-order valence-electron chi connectivity index (χ3n) is 6.16. The molecule has 1 aliphatic rings. The summed E-state index contributed by atoms with van der Waals surface area (Å²) < 4.78 is 0. The highest BCUT2D eigenvalue weighted by Crippen LogP contribution is 2.24. The number of hydrogen-bond acceptors (Lipinski definition) is 4. The van der Waals surface area contributed by atoms with Crippen LogP contribution in [0.1, 0.15) is 55.2 Å². The van der Waals surface area contributed by atoms with Gasteiger partial charge in [0.25, 0.3) is 5.56 Å². The van der Waals surface area contributed by atoms with Gasteiger partial charge in [0.2, 0.25) is 5.91 Å². The number of hydrogen-bond donors (Lipinski definition) is 2. The van der Waals surface area contributed by atoms with E-state index < -0.39 is 0 Å². The van der Waals surface area contributed by atoms with E-state index in [1.165, 1.54) is 24.0 Å². The van der Waals surface area contributed by atoms with Crippen LogP contribution in [-0.4, -0.2) is 33.9 Å². The fourth-order valence-electron chi connectivity index (χ4n) is 4.32. The zero-order valence-corrected chi connectivity index (χ0v) is 19.3. The van der Waals surface area contributed by atoms with Gasteiger partial charge in [-0.25, -0.2) is 4.98 Å². The number of fused-ring (bicyclic) bond motifs is 2. The third kappa shape index (κ3) is 5.19. The number of carbonyl (C=O) groups is 1. The molecule has 2 N–H and O–H groups in total. The predicted octanol–water partition coefficient (Wildman–Crippen LogP) is 4.15. The predicted molar refractivity (Wildman–Crippen MR) is 128 cm³/mol. The number of benzene rings is 2. The van der Waals surface area contributed by atoms with E-state index in [-0.39, 0.29) is 24.1 Å². The Kier molecular flexibility index (Phi) is 6.92. The highest BCUT2D eigenvalue weighted by Gasteiger charge is 2.17. The van der Waals surface area contributed by atoms with Crippen molar-refractivity contribution in [1.82, 2.24) is 20.2 Å². The molecule has 4 rings (SSSR count). The number of amides is 1. The number of aromatic nitrogens is 2. The molecule has 0 bridgehead atoms. The van der Waals surface area contributed by atoms with Crippen molar-refractivity contribution in [3.63, 3.8) is 0 Å². The van der Waals surface area contributed by atoms with Crippen LogP contribution in [-0.2, 0) is 24.2 Å². The van der Waals surface area contributed by atoms with Crippen molar-refractivity contribution < 1.29 is 4.79 Å². The molecular weight excluding hydrogens is 424 g/mol. The minimum absolute atomic E-state index is 0.0525. The summed E-state index contributed by atoms with van der Waals surface area (Å²) in [6, 6.07) is 11.5. The molecule has 7 heteroatoms. The van der Waals surface area contributed by atoms with Crippen molar-refractivity contribution in [2.45, 2.75) is 52.1 Å². The molecule has 1 unspecified atom stereocenters. The van der Waals surface area contributed by atoms with E-state index in [0.717, 1.165) is 18.4 Å². The van der Waals surface area contributed by atoms with Gasteiger partial charge in [0.15, 0.2) is 0 Å². The van der Waals surface area contributed by atoms with E-state index in [2.05, 4.69) is 33.5 Å². The number of nitrogens with one attached hydrogen (secondary N) is 2. The molecule has 0 fully saturated rings. The summed E-state index contributed by atoms with van der Waals surface area (Å²) in [6.45, 7) is 5.25. The van der Waals surface area contributed by atoms with Crippen molar-refractivity contribution >= 4 is 28.4 Å². The third-order valence-corrected chi connectivity index (χ3v) is 6.39. The number of aromatic amines is 1. The average molecular weight is 453 g/mol. The van der Waals surface area contributed by atoms with Gasteiger partial charge in [-0.15, -0.1) is 0 Å². The zero-order chi connectivity index (χ0) is 22.7. The normalized spacial score (nSPS) is 14.4. The highest BCUT2D eigenvalue weighted by molar-refractivity contribution is 6.31. The highest BCUT2D eigenvalue weighted by atomic mass is 35.5. The zero-order valence-electron chi connectivity index (χ0n) is 18.6. The van der Waals surface area contributed by atoms with E-state index in [1.807, 2.05) is 18.7 Å². The van der Waals surface area contributed by atoms with Gasteiger partial charge in [-0.2, -0.15) is 0 Å². The topological polar surface area (TPSA) is 78.1 Å². The van der Waals surface area contributed by atoms with Crippen LogP contribution in [0.5, 0.6) is 0 Å². The van der Waals surface area contributed by atoms with Crippen molar-refractivity contribution in [1.29, 1.82) is 0 Å². The standard InChI is InChI=1S/C25H29ClN4O2/c1-3-30(14-23-28-22-13-20(26)10-11-21(22)25(32)29-23)15-24(31)27-16(2)18-9-8-17-6-4-5-7-19(17)12-18/h8-13,16H,3-7,14-15H2,1-2H3,(H,27,31)(H,28,29,32). The first-order valence-corrected chi connectivity index (χ1v) is 11.6. The molecular formula is C25H29ClN4O2. The van der Waals surface area contributed by atoms with E-state index in [1.54, 1.807) is 18.2 Å². The summed E-state index contributed by atoms with van der Waals surface area (Å²) in [4.78, 5) is 34.4.